The molecular weight excluding hydrogens is 302 g/mol. The van der Waals surface area contributed by atoms with Gasteiger partial charge in [0.1, 0.15) is 6.61 Å². The number of carbonyl (C=O) groups is 2. The maximum atomic E-state index is 12.6. The van der Waals surface area contributed by atoms with Crippen LogP contribution in [0.5, 0.6) is 0 Å². The molecule has 4 nitrogen and oxygen atoms in total. The molecule has 1 aliphatic rings. The van der Waals surface area contributed by atoms with Gasteiger partial charge in [-0.2, -0.15) is 0 Å². The van der Waals surface area contributed by atoms with Crippen LogP contribution in [-0.4, -0.2) is 29.5 Å². The van der Waals surface area contributed by atoms with Crippen molar-refractivity contribution in [1.29, 1.82) is 0 Å². The molecule has 0 bridgehead atoms. The zero-order valence-corrected chi connectivity index (χ0v) is 14.9. The molecular formula is C20H29NO3. The second-order valence-corrected chi connectivity index (χ2v) is 6.84. The summed E-state index contributed by atoms with van der Waals surface area (Å²) in [6, 6.07) is 9.75. The number of imide groups is 1. The first kappa shape index (κ1) is 18.5. The van der Waals surface area contributed by atoms with Gasteiger partial charge in [0.15, 0.2) is 0 Å². The molecule has 24 heavy (non-hydrogen) atoms. The number of benzene rings is 1. The smallest absolute Gasteiger partial charge is 0.416 e. The first-order chi connectivity index (χ1) is 11.6. The van der Waals surface area contributed by atoms with E-state index < -0.39 is 6.09 Å². The fraction of sp³-hybridized carbons (Fsp3) is 0.600. The van der Waals surface area contributed by atoms with Crippen LogP contribution in [0.25, 0.3) is 0 Å². The Balaban J connectivity index is 1.87. The minimum absolute atomic E-state index is 0.0959. The highest BCUT2D eigenvalue weighted by atomic mass is 16.6. The Bertz CT molecular complexity index is 529. The van der Waals surface area contributed by atoms with Gasteiger partial charge >= 0.3 is 6.09 Å². The largest absolute Gasteiger partial charge is 0.447 e. The molecule has 0 unspecified atom stereocenters. The highest BCUT2D eigenvalue weighted by molar-refractivity contribution is 5.93. The molecule has 1 aliphatic heterocycles. The molecule has 1 heterocycles. The van der Waals surface area contributed by atoms with E-state index in [0.29, 0.717) is 25.4 Å². The normalized spacial score (nSPS) is 18.5. The molecule has 2 amide bonds. The maximum Gasteiger partial charge on any atom is 0.416 e. The fourth-order valence-electron chi connectivity index (χ4n) is 3.22. The van der Waals surface area contributed by atoms with Crippen LogP contribution in [-0.2, 0) is 16.0 Å². The first-order valence-corrected chi connectivity index (χ1v) is 9.14. The highest BCUT2D eigenvalue weighted by Crippen LogP contribution is 2.21. The predicted molar refractivity (Wildman–Crippen MR) is 94.7 cm³/mol. The summed E-state index contributed by atoms with van der Waals surface area (Å²) in [5.41, 5.74) is 1.12. The van der Waals surface area contributed by atoms with Gasteiger partial charge in [0.25, 0.3) is 0 Å². The summed E-state index contributed by atoms with van der Waals surface area (Å²) >= 11 is 0. The molecule has 0 spiro atoms. The molecule has 0 N–H and O–H groups in total. The van der Waals surface area contributed by atoms with Gasteiger partial charge in [0, 0.05) is 6.42 Å². The Morgan fingerprint density at radius 1 is 1.25 bits per heavy atom. The highest BCUT2D eigenvalue weighted by Gasteiger charge is 2.37. The molecule has 132 valence electrons. The summed E-state index contributed by atoms with van der Waals surface area (Å²) in [4.78, 5) is 25.9. The third kappa shape index (κ3) is 5.36. The number of amides is 2. The Labute approximate surface area is 145 Å². The van der Waals surface area contributed by atoms with E-state index in [0.717, 1.165) is 18.4 Å². The summed E-state index contributed by atoms with van der Waals surface area (Å²) in [5.74, 6) is 0.210. The van der Waals surface area contributed by atoms with Crippen LogP contribution >= 0.6 is 0 Å². The van der Waals surface area contributed by atoms with Crippen LogP contribution in [0.4, 0.5) is 4.79 Å². The number of nitrogens with zero attached hydrogens (tertiary/aromatic N) is 1. The van der Waals surface area contributed by atoms with Crippen molar-refractivity contribution in [1.82, 2.24) is 4.90 Å². The molecule has 0 aromatic heterocycles. The van der Waals surface area contributed by atoms with Crippen molar-refractivity contribution < 1.29 is 14.3 Å². The van der Waals surface area contributed by atoms with Crippen molar-refractivity contribution in [2.24, 2.45) is 5.92 Å². The summed E-state index contributed by atoms with van der Waals surface area (Å²) in [6.07, 6.45) is 6.47. The molecule has 0 radical (unpaired) electrons. The van der Waals surface area contributed by atoms with E-state index in [1.807, 2.05) is 30.3 Å². The molecule has 0 aliphatic carbocycles. The van der Waals surface area contributed by atoms with Crippen molar-refractivity contribution in [2.75, 3.05) is 6.61 Å². The zero-order valence-electron chi connectivity index (χ0n) is 14.9. The molecule has 0 saturated carbocycles. The second kappa shape index (κ2) is 9.45. The van der Waals surface area contributed by atoms with Gasteiger partial charge in [-0.15, -0.1) is 0 Å². The lowest BCUT2D eigenvalue weighted by atomic mass is 9.98. The monoisotopic (exact) mass is 331 g/mol. The molecule has 1 aromatic rings. The number of cyclic esters (lactones) is 1. The van der Waals surface area contributed by atoms with Crippen LogP contribution in [0.1, 0.15) is 57.9 Å². The summed E-state index contributed by atoms with van der Waals surface area (Å²) < 4.78 is 5.13. The van der Waals surface area contributed by atoms with Gasteiger partial charge < -0.3 is 4.74 Å². The van der Waals surface area contributed by atoms with Crippen LogP contribution in [0.15, 0.2) is 30.3 Å². The van der Waals surface area contributed by atoms with Crippen molar-refractivity contribution in [3.8, 4) is 0 Å². The number of hydrogen-bond donors (Lipinski definition) is 0. The molecule has 1 saturated heterocycles. The Morgan fingerprint density at radius 2 is 2.00 bits per heavy atom. The summed E-state index contributed by atoms with van der Waals surface area (Å²) in [5, 5.41) is 0. The van der Waals surface area contributed by atoms with E-state index in [1.165, 1.54) is 24.2 Å². The van der Waals surface area contributed by atoms with Gasteiger partial charge in [-0.3, -0.25) is 4.79 Å². The second-order valence-electron chi connectivity index (χ2n) is 6.84. The van der Waals surface area contributed by atoms with Gasteiger partial charge in [-0.1, -0.05) is 76.3 Å². The van der Waals surface area contributed by atoms with Crippen molar-refractivity contribution in [2.45, 2.75) is 64.8 Å². The Kier molecular flexibility index (Phi) is 7.29. The van der Waals surface area contributed by atoms with Crippen molar-refractivity contribution >= 4 is 12.0 Å². The topological polar surface area (TPSA) is 46.6 Å². The minimum Gasteiger partial charge on any atom is -0.447 e. The van der Waals surface area contributed by atoms with E-state index in [2.05, 4.69) is 13.8 Å². The van der Waals surface area contributed by atoms with Gasteiger partial charge in [0.05, 0.1) is 6.04 Å². The van der Waals surface area contributed by atoms with Gasteiger partial charge in [-0.05, 0) is 17.9 Å². The van der Waals surface area contributed by atoms with Crippen molar-refractivity contribution in [3.05, 3.63) is 35.9 Å². The van der Waals surface area contributed by atoms with Crippen LogP contribution in [0.2, 0.25) is 0 Å². The quantitative estimate of drug-likeness (QED) is 0.623. The number of ether oxygens (including phenoxy) is 1. The number of hydrogen-bond acceptors (Lipinski definition) is 3. The lowest BCUT2D eigenvalue weighted by Gasteiger charge is -2.21. The average Bonchev–Trinajstić information content (AvgIpc) is 2.93. The molecule has 1 fully saturated rings. The summed E-state index contributed by atoms with van der Waals surface area (Å²) in [6.45, 7) is 4.58. The van der Waals surface area contributed by atoms with Crippen molar-refractivity contribution in [3.63, 3.8) is 0 Å². The number of unbranched alkanes of at least 4 members (excludes halogenated alkanes) is 3. The van der Waals surface area contributed by atoms with E-state index in [-0.39, 0.29) is 11.9 Å². The van der Waals surface area contributed by atoms with E-state index in [9.17, 15) is 9.59 Å². The summed E-state index contributed by atoms with van der Waals surface area (Å²) in [7, 11) is 0. The minimum atomic E-state index is -0.487. The van der Waals surface area contributed by atoms with Gasteiger partial charge in [-0.25, -0.2) is 9.69 Å². The SMILES string of the molecule is CCCCCC[C@H](C)CC(=O)N1C(=O)OC[C@@H]1Cc1ccccc1. The van der Waals surface area contributed by atoms with E-state index in [1.54, 1.807) is 0 Å². The average molecular weight is 331 g/mol. The van der Waals surface area contributed by atoms with Crippen LogP contribution in [0, 0.1) is 5.92 Å². The number of rotatable bonds is 9. The first-order valence-electron chi connectivity index (χ1n) is 9.14. The van der Waals surface area contributed by atoms with Crippen LogP contribution < -0.4 is 0 Å². The predicted octanol–water partition coefficient (Wildman–Crippen LogP) is 4.57. The van der Waals surface area contributed by atoms with E-state index >= 15 is 0 Å². The standard InChI is InChI=1S/C20H29NO3/c1-3-4-5-7-10-16(2)13-19(22)21-18(15-24-20(21)23)14-17-11-8-6-9-12-17/h6,8-9,11-12,16,18H,3-5,7,10,13-15H2,1-2H3/t16-,18-/m0/s1. The molecule has 2 atom stereocenters. The third-order valence-electron chi connectivity index (χ3n) is 4.62. The molecule has 1 aromatic carbocycles. The lowest BCUT2D eigenvalue weighted by Crippen LogP contribution is -2.40. The fourth-order valence-corrected chi connectivity index (χ4v) is 3.22. The molecule has 4 heteroatoms. The maximum absolute atomic E-state index is 12.6. The third-order valence-corrected chi connectivity index (χ3v) is 4.62. The zero-order chi connectivity index (χ0) is 17.4. The lowest BCUT2D eigenvalue weighted by molar-refractivity contribution is -0.130. The molecule has 2 rings (SSSR count). The Morgan fingerprint density at radius 3 is 2.71 bits per heavy atom. The Hall–Kier alpha value is -1.84. The number of carbonyl (C=O) groups excluding carboxylic acids is 2. The van der Waals surface area contributed by atoms with Crippen LogP contribution in [0.3, 0.4) is 0 Å². The van der Waals surface area contributed by atoms with Gasteiger partial charge in [0.2, 0.25) is 5.91 Å². The van der Waals surface area contributed by atoms with E-state index in [4.69, 9.17) is 4.74 Å².